The van der Waals surface area contributed by atoms with Gasteiger partial charge in [0, 0.05) is 30.4 Å². The van der Waals surface area contributed by atoms with Crippen molar-refractivity contribution in [1.82, 2.24) is 15.5 Å². The second-order valence-electron chi connectivity index (χ2n) is 8.32. The lowest BCUT2D eigenvalue weighted by Gasteiger charge is -2.39. The first-order valence-electron chi connectivity index (χ1n) is 10.7. The van der Waals surface area contributed by atoms with Crippen LogP contribution < -0.4 is 20.1 Å². The molecule has 10 heteroatoms. The van der Waals surface area contributed by atoms with E-state index in [1.165, 1.54) is 0 Å². The molecule has 0 saturated carbocycles. The summed E-state index contributed by atoms with van der Waals surface area (Å²) in [6.07, 6.45) is 1.53. The minimum atomic E-state index is -0.267. The van der Waals surface area contributed by atoms with Gasteiger partial charge in [-0.3, -0.25) is 14.9 Å². The molecule has 0 aliphatic carbocycles. The van der Waals surface area contributed by atoms with Gasteiger partial charge in [0.15, 0.2) is 11.5 Å². The maximum atomic E-state index is 12.9. The molecule has 7 nitrogen and oxygen atoms in total. The van der Waals surface area contributed by atoms with Crippen molar-refractivity contribution >= 4 is 46.8 Å². The molecule has 1 atom stereocenters. The van der Waals surface area contributed by atoms with E-state index >= 15 is 0 Å². The monoisotopic (exact) mass is 507 g/mol. The van der Waals surface area contributed by atoms with Crippen molar-refractivity contribution in [2.75, 3.05) is 25.6 Å². The van der Waals surface area contributed by atoms with Crippen molar-refractivity contribution < 1.29 is 19.1 Å². The number of nitrogens with one attached hydrogen (secondary N) is 2. The van der Waals surface area contributed by atoms with E-state index in [9.17, 15) is 9.59 Å². The highest BCUT2D eigenvalue weighted by atomic mass is 35.5. The smallest absolute Gasteiger partial charge is 0.255 e. The third-order valence-corrected chi connectivity index (χ3v) is 8.33. The van der Waals surface area contributed by atoms with Crippen LogP contribution in [0.15, 0.2) is 36.4 Å². The number of amides is 2. The maximum Gasteiger partial charge on any atom is 0.255 e. The Hall–Kier alpha value is -2.13. The molecule has 2 fully saturated rings. The van der Waals surface area contributed by atoms with Crippen molar-refractivity contribution in [3.8, 4) is 11.5 Å². The van der Waals surface area contributed by atoms with E-state index < -0.39 is 0 Å². The molecule has 3 aliphatic heterocycles. The summed E-state index contributed by atoms with van der Waals surface area (Å²) in [6.45, 7) is 1.86. The van der Waals surface area contributed by atoms with Crippen molar-refractivity contribution in [1.29, 1.82) is 0 Å². The number of halogens is 2. The first kappa shape index (κ1) is 22.7. The Balaban J connectivity index is 1.13. The average molecular weight is 508 g/mol. The standard InChI is InChI=1S/C23H23Cl2N3O4S/c24-15-2-3-16(17(25)10-15)22(30)28-7-5-23(6-8-28)27-18(12-33-23)21(29)26-11-14-1-4-19-20(9-14)32-13-31-19/h1-4,9-10,18,27H,5-8,11-13H2,(H,26,29). The van der Waals surface area contributed by atoms with Gasteiger partial charge >= 0.3 is 0 Å². The Morgan fingerprint density at radius 1 is 1.12 bits per heavy atom. The van der Waals surface area contributed by atoms with Crippen LogP contribution in [0.3, 0.4) is 0 Å². The number of benzene rings is 2. The van der Waals surface area contributed by atoms with E-state index in [1.54, 1.807) is 30.0 Å². The number of carbonyl (C=O) groups is 2. The van der Waals surface area contributed by atoms with Crippen LogP contribution in [0.4, 0.5) is 0 Å². The molecule has 0 radical (unpaired) electrons. The maximum absolute atomic E-state index is 12.9. The zero-order valence-corrected chi connectivity index (χ0v) is 20.1. The molecule has 2 amide bonds. The molecule has 0 aromatic heterocycles. The van der Waals surface area contributed by atoms with Crippen LogP contribution >= 0.6 is 35.0 Å². The van der Waals surface area contributed by atoms with Crippen LogP contribution in [0, 0.1) is 0 Å². The van der Waals surface area contributed by atoms with E-state index in [4.69, 9.17) is 32.7 Å². The summed E-state index contributed by atoms with van der Waals surface area (Å²) in [5.41, 5.74) is 1.42. The number of hydrogen-bond donors (Lipinski definition) is 2. The Morgan fingerprint density at radius 3 is 2.70 bits per heavy atom. The van der Waals surface area contributed by atoms with Crippen molar-refractivity contribution in [3.63, 3.8) is 0 Å². The minimum absolute atomic E-state index is 0.0245. The van der Waals surface area contributed by atoms with Gasteiger partial charge in [0.25, 0.3) is 5.91 Å². The molecule has 3 aliphatic rings. The second-order valence-corrected chi connectivity index (χ2v) is 10.6. The predicted octanol–water partition coefficient (Wildman–Crippen LogP) is 3.68. The third kappa shape index (κ3) is 4.75. The third-order valence-electron chi connectivity index (χ3n) is 6.20. The molecule has 2 saturated heterocycles. The Kier molecular flexibility index (Phi) is 6.35. The number of hydrogen-bond acceptors (Lipinski definition) is 6. The van der Waals surface area contributed by atoms with Crippen LogP contribution in [0.25, 0.3) is 0 Å². The summed E-state index contributed by atoms with van der Waals surface area (Å²) >= 11 is 13.9. The molecule has 174 valence electrons. The number of likely N-dealkylation sites (tertiary alicyclic amines) is 1. The summed E-state index contributed by atoms with van der Waals surface area (Å²) in [5, 5.41) is 7.40. The van der Waals surface area contributed by atoms with Gasteiger partial charge in [-0.25, -0.2) is 0 Å². The van der Waals surface area contributed by atoms with E-state index in [-0.39, 0.29) is 29.5 Å². The van der Waals surface area contributed by atoms with Crippen LogP contribution in [0.1, 0.15) is 28.8 Å². The number of nitrogens with zero attached hydrogens (tertiary/aromatic N) is 1. The topological polar surface area (TPSA) is 79.9 Å². The molecule has 2 aromatic carbocycles. The quantitative estimate of drug-likeness (QED) is 0.656. The second kappa shape index (κ2) is 9.25. The van der Waals surface area contributed by atoms with Gasteiger partial charge in [0.2, 0.25) is 12.7 Å². The number of carbonyl (C=O) groups excluding carboxylic acids is 2. The number of thioether (sulfide) groups is 1. The molecule has 1 spiro atoms. The normalized spacial score (nSPS) is 20.8. The van der Waals surface area contributed by atoms with Crippen molar-refractivity contribution in [2.24, 2.45) is 0 Å². The summed E-state index contributed by atoms with van der Waals surface area (Å²) in [6, 6.07) is 10.3. The predicted molar refractivity (Wildman–Crippen MR) is 128 cm³/mol. The Labute approximate surface area is 206 Å². The van der Waals surface area contributed by atoms with Gasteiger partial charge in [-0.05, 0) is 48.7 Å². The first-order chi connectivity index (χ1) is 15.9. The highest BCUT2D eigenvalue weighted by Crippen LogP contribution is 2.40. The summed E-state index contributed by atoms with van der Waals surface area (Å²) in [4.78, 5) is 27.3. The van der Waals surface area contributed by atoms with Crippen molar-refractivity contribution in [2.45, 2.75) is 30.3 Å². The lowest BCUT2D eigenvalue weighted by atomic mass is 10.0. The van der Waals surface area contributed by atoms with Gasteiger partial charge < -0.3 is 19.7 Å². The number of ether oxygens (including phenoxy) is 2. The highest BCUT2D eigenvalue weighted by molar-refractivity contribution is 8.01. The van der Waals surface area contributed by atoms with E-state index in [0.717, 1.165) is 24.2 Å². The molecular weight excluding hydrogens is 485 g/mol. The zero-order chi connectivity index (χ0) is 23.0. The minimum Gasteiger partial charge on any atom is -0.454 e. The Bertz CT molecular complexity index is 1090. The van der Waals surface area contributed by atoms with Crippen LogP contribution in [-0.2, 0) is 11.3 Å². The summed E-state index contributed by atoms with van der Waals surface area (Å²) < 4.78 is 10.7. The molecule has 0 bridgehead atoms. The lowest BCUT2D eigenvalue weighted by molar-refractivity contribution is -0.122. The fourth-order valence-electron chi connectivity index (χ4n) is 4.34. The van der Waals surface area contributed by atoms with E-state index in [0.29, 0.717) is 46.7 Å². The van der Waals surface area contributed by atoms with E-state index in [1.807, 2.05) is 23.1 Å². The first-order valence-corrected chi connectivity index (χ1v) is 12.5. The van der Waals surface area contributed by atoms with Gasteiger partial charge in [-0.1, -0.05) is 29.3 Å². The lowest BCUT2D eigenvalue weighted by Crippen LogP contribution is -2.54. The molecule has 5 rings (SSSR count). The highest BCUT2D eigenvalue weighted by Gasteiger charge is 2.44. The fourth-order valence-corrected chi connectivity index (χ4v) is 6.25. The van der Waals surface area contributed by atoms with Gasteiger partial charge in [0.05, 0.1) is 21.5 Å². The number of piperidine rings is 1. The number of rotatable bonds is 4. The fraction of sp³-hybridized carbons (Fsp3) is 0.391. The SMILES string of the molecule is O=C(NCc1ccc2c(c1)OCO2)C1CSC2(CCN(C(=O)c3ccc(Cl)cc3Cl)CC2)N1. The number of fused-ring (bicyclic) bond motifs is 1. The molecule has 33 heavy (non-hydrogen) atoms. The molecule has 1 unspecified atom stereocenters. The Morgan fingerprint density at radius 2 is 1.91 bits per heavy atom. The molecule has 2 N–H and O–H groups in total. The summed E-state index contributed by atoms with van der Waals surface area (Å²) in [5.74, 6) is 2.01. The van der Waals surface area contributed by atoms with Gasteiger partial charge in [0.1, 0.15) is 0 Å². The summed E-state index contributed by atoms with van der Waals surface area (Å²) in [7, 11) is 0. The van der Waals surface area contributed by atoms with Gasteiger partial charge in [-0.15, -0.1) is 11.8 Å². The van der Waals surface area contributed by atoms with E-state index in [2.05, 4.69) is 10.6 Å². The average Bonchev–Trinajstić information content (AvgIpc) is 3.45. The van der Waals surface area contributed by atoms with Crippen LogP contribution in [-0.4, -0.2) is 53.3 Å². The van der Waals surface area contributed by atoms with Crippen LogP contribution in [0.5, 0.6) is 11.5 Å². The molecular formula is C23H23Cl2N3O4S. The van der Waals surface area contributed by atoms with Crippen LogP contribution in [0.2, 0.25) is 10.0 Å². The zero-order valence-electron chi connectivity index (χ0n) is 17.7. The van der Waals surface area contributed by atoms with Gasteiger partial charge in [-0.2, -0.15) is 0 Å². The molecule has 3 heterocycles. The molecule has 2 aromatic rings. The van der Waals surface area contributed by atoms with Crippen molar-refractivity contribution in [3.05, 3.63) is 57.6 Å². The largest absolute Gasteiger partial charge is 0.454 e.